The molecule has 0 unspecified atom stereocenters. The van der Waals surface area contributed by atoms with Gasteiger partial charge in [-0.25, -0.2) is 0 Å². The standard InChI is InChI=1S/C13H19N3O2S/c1-3-7-12(17)15-16-13(19)14-10-8-5-6-9-11(10)18-4-2/h5-6,8-9H,3-4,7H2,1-2H3,(H,15,17)(H2,14,16,19). The van der Waals surface area contributed by atoms with Crippen LogP contribution >= 0.6 is 12.2 Å². The summed E-state index contributed by atoms with van der Waals surface area (Å²) in [7, 11) is 0. The molecular formula is C13H19N3O2S. The van der Waals surface area contributed by atoms with E-state index in [1.165, 1.54) is 0 Å². The molecule has 6 heteroatoms. The van der Waals surface area contributed by atoms with Crippen LogP contribution in [0.3, 0.4) is 0 Å². The van der Waals surface area contributed by atoms with Gasteiger partial charge in [0.2, 0.25) is 5.91 Å². The van der Waals surface area contributed by atoms with Gasteiger partial charge in [0.1, 0.15) is 5.75 Å². The maximum absolute atomic E-state index is 11.3. The molecule has 0 saturated heterocycles. The van der Waals surface area contributed by atoms with Gasteiger partial charge in [0.05, 0.1) is 12.3 Å². The summed E-state index contributed by atoms with van der Waals surface area (Å²) in [5.74, 6) is 0.624. The Kier molecular flexibility index (Phi) is 6.67. The molecule has 0 bridgehead atoms. The van der Waals surface area contributed by atoms with Crippen LogP contribution in [-0.4, -0.2) is 17.6 Å². The Bertz CT molecular complexity index is 438. The number of hydrazine groups is 1. The Hall–Kier alpha value is -1.82. The molecule has 104 valence electrons. The number of carbonyl (C=O) groups excluding carboxylic acids is 1. The van der Waals surface area contributed by atoms with Crippen LogP contribution in [-0.2, 0) is 4.79 Å². The van der Waals surface area contributed by atoms with Gasteiger partial charge in [-0.2, -0.15) is 0 Å². The first-order valence-corrected chi connectivity index (χ1v) is 6.65. The van der Waals surface area contributed by atoms with Crippen molar-refractivity contribution >= 4 is 28.9 Å². The first-order valence-electron chi connectivity index (χ1n) is 6.25. The van der Waals surface area contributed by atoms with Crippen LogP contribution in [0.4, 0.5) is 5.69 Å². The second-order valence-electron chi connectivity index (χ2n) is 3.81. The van der Waals surface area contributed by atoms with Gasteiger partial charge in [0, 0.05) is 6.42 Å². The number of hydrogen-bond donors (Lipinski definition) is 3. The number of rotatable bonds is 5. The molecule has 0 aliphatic rings. The van der Waals surface area contributed by atoms with Crippen molar-refractivity contribution in [2.75, 3.05) is 11.9 Å². The highest BCUT2D eigenvalue weighted by molar-refractivity contribution is 7.80. The Morgan fingerprint density at radius 1 is 1.26 bits per heavy atom. The van der Waals surface area contributed by atoms with Crippen LogP contribution in [0.5, 0.6) is 5.75 Å². The van der Waals surface area contributed by atoms with E-state index in [0.717, 1.165) is 12.1 Å². The number of benzene rings is 1. The van der Waals surface area contributed by atoms with E-state index in [9.17, 15) is 4.79 Å². The number of carbonyl (C=O) groups is 1. The lowest BCUT2D eigenvalue weighted by molar-refractivity contribution is -0.121. The van der Waals surface area contributed by atoms with Gasteiger partial charge in [-0.15, -0.1) is 0 Å². The number of hydrogen-bond acceptors (Lipinski definition) is 3. The van der Waals surface area contributed by atoms with Gasteiger partial charge in [-0.3, -0.25) is 15.6 Å². The average Bonchev–Trinajstić information content (AvgIpc) is 2.39. The van der Waals surface area contributed by atoms with Crippen molar-refractivity contribution in [1.82, 2.24) is 10.9 Å². The summed E-state index contributed by atoms with van der Waals surface area (Å²) in [6.45, 7) is 4.43. The summed E-state index contributed by atoms with van der Waals surface area (Å²) < 4.78 is 5.46. The second-order valence-corrected chi connectivity index (χ2v) is 4.21. The monoisotopic (exact) mass is 281 g/mol. The number of amides is 1. The summed E-state index contributed by atoms with van der Waals surface area (Å²) in [5.41, 5.74) is 5.93. The zero-order chi connectivity index (χ0) is 14.1. The molecule has 1 aromatic carbocycles. The Morgan fingerprint density at radius 2 is 2.00 bits per heavy atom. The predicted molar refractivity (Wildman–Crippen MR) is 80.0 cm³/mol. The van der Waals surface area contributed by atoms with Crippen molar-refractivity contribution < 1.29 is 9.53 Å². The first-order chi connectivity index (χ1) is 9.17. The Morgan fingerprint density at radius 3 is 2.68 bits per heavy atom. The number of anilines is 1. The Balaban J connectivity index is 2.50. The summed E-state index contributed by atoms with van der Waals surface area (Å²) in [6, 6.07) is 7.47. The second kappa shape index (κ2) is 8.31. The highest BCUT2D eigenvalue weighted by atomic mass is 32.1. The van der Waals surface area contributed by atoms with Crippen molar-refractivity contribution in [3.63, 3.8) is 0 Å². The van der Waals surface area contributed by atoms with Crippen LogP contribution in [0.15, 0.2) is 24.3 Å². The molecule has 1 amide bonds. The largest absolute Gasteiger partial charge is 0.492 e. The molecule has 0 atom stereocenters. The lowest BCUT2D eigenvalue weighted by Crippen LogP contribution is -2.43. The van der Waals surface area contributed by atoms with Crippen molar-refractivity contribution in [3.05, 3.63) is 24.3 Å². The van der Waals surface area contributed by atoms with E-state index < -0.39 is 0 Å². The molecule has 0 spiro atoms. The van der Waals surface area contributed by atoms with Gasteiger partial charge >= 0.3 is 0 Å². The molecule has 0 aromatic heterocycles. The van der Waals surface area contributed by atoms with Gasteiger partial charge in [0.15, 0.2) is 5.11 Å². The van der Waals surface area contributed by atoms with E-state index in [1.807, 2.05) is 38.1 Å². The van der Waals surface area contributed by atoms with Crippen molar-refractivity contribution in [2.45, 2.75) is 26.7 Å². The minimum atomic E-state index is -0.0928. The molecule has 5 nitrogen and oxygen atoms in total. The zero-order valence-electron chi connectivity index (χ0n) is 11.2. The van der Waals surface area contributed by atoms with Gasteiger partial charge in [-0.1, -0.05) is 19.1 Å². The maximum Gasteiger partial charge on any atom is 0.238 e. The van der Waals surface area contributed by atoms with E-state index in [-0.39, 0.29) is 5.91 Å². The van der Waals surface area contributed by atoms with Crippen molar-refractivity contribution in [3.8, 4) is 5.75 Å². The zero-order valence-corrected chi connectivity index (χ0v) is 12.0. The van der Waals surface area contributed by atoms with E-state index in [0.29, 0.717) is 23.9 Å². The summed E-state index contributed by atoms with van der Waals surface area (Å²) in [6.07, 6.45) is 1.26. The number of ether oxygens (including phenoxy) is 1. The molecule has 0 fully saturated rings. The third-order valence-corrected chi connectivity index (χ3v) is 2.43. The summed E-state index contributed by atoms with van der Waals surface area (Å²) in [4.78, 5) is 11.3. The molecule has 1 rings (SSSR count). The quantitative estimate of drug-likeness (QED) is 0.570. The molecule has 0 saturated carbocycles. The molecule has 0 aliphatic heterocycles. The van der Waals surface area contributed by atoms with Crippen molar-refractivity contribution in [2.24, 2.45) is 0 Å². The molecule has 19 heavy (non-hydrogen) atoms. The third kappa shape index (κ3) is 5.56. The fourth-order valence-corrected chi connectivity index (χ4v) is 1.58. The average molecular weight is 281 g/mol. The number of para-hydroxylation sites is 2. The fourth-order valence-electron chi connectivity index (χ4n) is 1.42. The van der Waals surface area contributed by atoms with E-state index in [1.54, 1.807) is 0 Å². The van der Waals surface area contributed by atoms with Gasteiger partial charge < -0.3 is 10.1 Å². The lowest BCUT2D eigenvalue weighted by atomic mass is 10.3. The molecule has 1 aromatic rings. The highest BCUT2D eigenvalue weighted by Crippen LogP contribution is 2.23. The van der Waals surface area contributed by atoms with E-state index in [4.69, 9.17) is 17.0 Å². The molecule has 0 aliphatic carbocycles. The SMILES string of the molecule is CCCC(=O)NNC(=S)Nc1ccccc1OCC. The topological polar surface area (TPSA) is 62.4 Å². The highest BCUT2D eigenvalue weighted by Gasteiger charge is 2.05. The number of thiocarbonyl (C=S) groups is 1. The van der Waals surface area contributed by atoms with Gasteiger partial charge in [-0.05, 0) is 37.7 Å². The Labute approximate surface area is 118 Å². The summed E-state index contributed by atoms with van der Waals surface area (Å²) in [5, 5.41) is 3.29. The van der Waals surface area contributed by atoms with E-state index in [2.05, 4.69) is 16.2 Å². The van der Waals surface area contributed by atoms with E-state index >= 15 is 0 Å². The molecular weight excluding hydrogens is 262 g/mol. The normalized spacial score (nSPS) is 9.58. The fraction of sp³-hybridized carbons (Fsp3) is 0.385. The van der Waals surface area contributed by atoms with Crippen LogP contribution in [0.2, 0.25) is 0 Å². The molecule has 3 N–H and O–H groups in total. The van der Waals surface area contributed by atoms with Gasteiger partial charge in [0.25, 0.3) is 0 Å². The van der Waals surface area contributed by atoms with Crippen LogP contribution in [0, 0.1) is 0 Å². The van der Waals surface area contributed by atoms with Crippen molar-refractivity contribution in [1.29, 1.82) is 0 Å². The summed E-state index contributed by atoms with van der Waals surface area (Å²) >= 11 is 5.09. The molecule has 0 radical (unpaired) electrons. The smallest absolute Gasteiger partial charge is 0.238 e. The number of nitrogens with one attached hydrogen (secondary N) is 3. The first kappa shape index (κ1) is 15.2. The van der Waals surface area contributed by atoms with Crippen LogP contribution in [0.25, 0.3) is 0 Å². The predicted octanol–water partition coefficient (Wildman–Crippen LogP) is 2.20. The molecule has 0 heterocycles. The third-order valence-electron chi connectivity index (χ3n) is 2.23. The van der Waals surface area contributed by atoms with Crippen LogP contribution in [0.1, 0.15) is 26.7 Å². The maximum atomic E-state index is 11.3. The minimum absolute atomic E-state index is 0.0928. The minimum Gasteiger partial charge on any atom is -0.492 e. The lowest BCUT2D eigenvalue weighted by Gasteiger charge is -2.14. The van der Waals surface area contributed by atoms with Crippen LogP contribution < -0.4 is 20.9 Å².